The minimum Gasteiger partial charge on any atom is -0.394 e. The number of benzene rings is 1. The monoisotopic (exact) mass is 269 g/mol. The number of nitrogens with one attached hydrogen (secondary N) is 1. The Bertz CT molecular complexity index is 432. The maximum absolute atomic E-state index is 12.7. The predicted molar refractivity (Wildman–Crippen MR) is 67.6 cm³/mol. The van der Waals surface area contributed by atoms with Gasteiger partial charge in [0.25, 0.3) is 0 Å². The Morgan fingerprint density at radius 1 is 1.16 bits per heavy atom. The summed E-state index contributed by atoms with van der Waals surface area (Å²) < 4.78 is 12.7. The SMILES string of the molecule is O=C(/C=C/c1ccc(F)cc1)NC(CO)(CO)CO. The summed E-state index contributed by atoms with van der Waals surface area (Å²) in [5.74, 6) is -0.956. The van der Waals surface area contributed by atoms with E-state index < -0.39 is 31.3 Å². The molecule has 0 radical (unpaired) electrons. The fraction of sp³-hybridized carbons (Fsp3) is 0.308. The number of carbonyl (C=O) groups excluding carboxylic acids is 1. The number of hydrogen-bond donors (Lipinski definition) is 4. The van der Waals surface area contributed by atoms with Gasteiger partial charge in [-0.1, -0.05) is 12.1 Å². The van der Waals surface area contributed by atoms with Crippen molar-refractivity contribution in [2.24, 2.45) is 0 Å². The summed E-state index contributed by atoms with van der Waals surface area (Å²) in [6, 6.07) is 5.51. The van der Waals surface area contributed by atoms with Crippen LogP contribution in [0.25, 0.3) is 6.08 Å². The van der Waals surface area contributed by atoms with Gasteiger partial charge in [0.15, 0.2) is 0 Å². The summed E-state index contributed by atoms with van der Waals surface area (Å²) in [7, 11) is 0. The van der Waals surface area contributed by atoms with Crippen molar-refractivity contribution in [1.29, 1.82) is 0 Å². The molecule has 1 amide bonds. The molecule has 0 heterocycles. The third-order valence-corrected chi connectivity index (χ3v) is 2.59. The highest BCUT2D eigenvalue weighted by molar-refractivity contribution is 5.92. The van der Waals surface area contributed by atoms with Crippen LogP contribution >= 0.6 is 0 Å². The molecule has 0 aliphatic rings. The Labute approximate surface area is 110 Å². The molecule has 104 valence electrons. The van der Waals surface area contributed by atoms with E-state index in [2.05, 4.69) is 5.32 Å². The molecule has 0 aromatic heterocycles. The molecule has 0 saturated heterocycles. The van der Waals surface area contributed by atoms with Gasteiger partial charge < -0.3 is 20.6 Å². The van der Waals surface area contributed by atoms with Gasteiger partial charge in [-0.15, -0.1) is 0 Å². The summed E-state index contributed by atoms with van der Waals surface area (Å²) in [6.07, 6.45) is 2.62. The standard InChI is InChI=1S/C13H16FNO4/c14-11-4-1-10(2-5-11)3-6-12(19)15-13(7-16,8-17)9-18/h1-6,16-18H,7-9H2,(H,15,19)/b6-3+. The molecule has 1 rings (SSSR count). The second-order valence-corrected chi connectivity index (χ2v) is 4.13. The number of hydrogen-bond acceptors (Lipinski definition) is 4. The highest BCUT2D eigenvalue weighted by Crippen LogP contribution is 2.05. The second kappa shape index (κ2) is 6.98. The van der Waals surface area contributed by atoms with Gasteiger partial charge in [0.2, 0.25) is 5.91 Å². The van der Waals surface area contributed by atoms with Crippen molar-refractivity contribution >= 4 is 12.0 Å². The molecule has 1 aromatic rings. The molecule has 0 aliphatic carbocycles. The Balaban J connectivity index is 2.66. The fourth-order valence-corrected chi connectivity index (χ4v) is 1.32. The lowest BCUT2D eigenvalue weighted by Gasteiger charge is -2.27. The third-order valence-electron chi connectivity index (χ3n) is 2.59. The smallest absolute Gasteiger partial charge is 0.244 e. The van der Waals surface area contributed by atoms with Crippen molar-refractivity contribution in [1.82, 2.24) is 5.32 Å². The maximum atomic E-state index is 12.7. The normalized spacial score (nSPS) is 11.8. The van der Waals surface area contributed by atoms with Crippen LogP contribution in [0.3, 0.4) is 0 Å². The lowest BCUT2D eigenvalue weighted by Crippen LogP contribution is -2.56. The number of amides is 1. The molecule has 0 aliphatic heterocycles. The quantitative estimate of drug-likeness (QED) is 0.532. The van der Waals surface area contributed by atoms with Crippen LogP contribution < -0.4 is 5.32 Å². The average Bonchev–Trinajstić information content (AvgIpc) is 2.44. The number of aliphatic hydroxyl groups is 3. The second-order valence-electron chi connectivity index (χ2n) is 4.13. The summed E-state index contributed by atoms with van der Waals surface area (Å²) >= 11 is 0. The van der Waals surface area contributed by atoms with E-state index in [9.17, 15) is 9.18 Å². The van der Waals surface area contributed by atoms with Crippen molar-refractivity contribution in [3.63, 3.8) is 0 Å². The fourth-order valence-electron chi connectivity index (χ4n) is 1.32. The molecule has 0 fully saturated rings. The highest BCUT2D eigenvalue weighted by Gasteiger charge is 2.29. The van der Waals surface area contributed by atoms with Crippen LogP contribution in [-0.2, 0) is 4.79 Å². The first-order valence-electron chi connectivity index (χ1n) is 5.63. The van der Waals surface area contributed by atoms with Crippen LogP contribution in [0.2, 0.25) is 0 Å². The predicted octanol–water partition coefficient (Wildman–Crippen LogP) is -0.329. The molecule has 0 unspecified atom stereocenters. The summed E-state index contributed by atoms with van der Waals surface area (Å²) in [5, 5.41) is 29.4. The zero-order valence-corrected chi connectivity index (χ0v) is 10.2. The van der Waals surface area contributed by atoms with E-state index in [-0.39, 0.29) is 5.82 Å². The molecule has 1 aromatic carbocycles. The summed E-state index contributed by atoms with van der Waals surface area (Å²) in [4.78, 5) is 11.6. The molecule has 0 saturated carbocycles. The molecule has 19 heavy (non-hydrogen) atoms. The Hall–Kier alpha value is -1.76. The van der Waals surface area contributed by atoms with Crippen molar-refractivity contribution in [3.8, 4) is 0 Å². The van der Waals surface area contributed by atoms with E-state index in [1.54, 1.807) is 0 Å². The van der Waals surface area contributed by atoms with Crippen molar-refractivity contribution in [2.75, 3.05) is 19.8 Å². The summed E-state index contributed by atoms with van der Waals surface area (Å²) in [5.41, 5.74) is -0.830. The van der Waals surface area contributed by atoms with Gasteiger partial charge in [0.05, 0.1) is 19.8 Å². The molecule has 0 bridgehead atoms. The van der Waals surface area contributed by atoms with E-state index in [1.807, 2.05) is 0 Å². The molecular formula is C13H16FNO4. The Morgan fingerprint density at radius 2 is 1.68 bits per heavy atom. The molecule has 0 spiro atoms. The number of aliphatic hydroxyl groups excluding tert-OH is 3. The van der Waals surface area contributed by atoms with Gasteiger partial charge in [0, 0.05) is 6.08 Å². The summed E-state index contributed by atoms with van der Waals surface area (Å²) in [6.45, 7) is -1.76. The molecular weight excluding hydrogens is 253 g/mol. The Morgan fingerprint density at radius 3 is 2.16 bits per heavy atom. The Kier molecular flexibility index (Phi) is 5.62. The molecule has 5 nitrogen and oxygen atoms in total. The van der Waals surface area contributed by atoms with Gasteiger partial charge in [-0.2, -0.15) is 0 Å². The number of carbonyl (C=O) groups is 1. The van der Waals surface area contributed by atoms with Crippen molar-refractivity contribution in [3.05, 3.63) is 41.7 Å². The third kappa shape index (κ3) is 4.44. The highest BCUT2D eigenvalue weighted by atomic mass is 19.1. The largest absolute Gasteiger partial charge is 0.394 e. The van der Waals surface area contributed by atoms with Crippen LogP contribution in [-0.4, -0.2) is 46.6 Å². The maximum Gasteiger partial charge on any atom is 0.244 e. The zero-order chi connectivity index (χ0) is 14.3. The number of rotatable bonds is 6. The van der Waals surface area contributed by atoms with E-state index in [1.165, 1.54) is 36.4 Å². The minimum atomic E-state index is -1.45. The van der Waals surface area contributed by atoms with E-state index >= 15 is 0 Å². The first-order valence-corrected chi connectivity index (χ1v) is 5.63. The van der Waals surface area contributed by atoms with Crippen molar-refractivity contribution < 1.29 is 24.5 Å². The number of halogens is 1. The van der Waals surface area contributed by atoms with Crippen LogP contribution in [0.1, 0.15) is 5.56 Å². The lowest BCUT2D eigenvalue weighted by atomic mass is 10.0. The zero-order valence-electron chi connectivity index (χ0n) is 10.2. The molecule has 0 atom stereocenters. The van der Waals surface area contributed by atoms with Crippen LogP contribution in [0.4, 0.5) is 4.39 Å². The first kappa shape index (κ1) is 15.3. The topological polar surface area (TPSA) is 89.8 Å². The van der Waals surface area contributed by atoms with E-state index in [0.717, 1.165) is 0 Å². The van der Waals surface area contributed by atoms with Gasteiger partial charge in [-0.3, -0.25) is 4.79 Å². The van der Waals surface area contributed by atoms with Crippen LogP contribution in [0, 0.1) is 5.82 Å². The van der Waals surface area contributed by atoms with Gasteiger partial charge in [0.1, 0.15) is 11.4 Å². The average molecular weight is 269 g/mol. The van der Waals surface area contributed by atoms with Gasteiger partial charge in [-0.25, -0.2) is 4.39 Å². The lowest BCUT2D eigenvalue weighted by molar-refractivity contribution is -0.120. The minimum absolute atomic E-state index is 0.374. The van der Waals surface area contributed by atoms with E-state index in [4.69, 9.17) is 15.3 Å². The van der Waals surface area contributed by atoms with Crippen LogP contribution in [0.15, 0.2) is 30.3 Å². The molecule has 4 N–H and O–H groups in total. The first-order chi connectivity index (χ1) is 9.05. The van der Waals surface area contributed by atoms with Gasteiger partial charge in [-0.05, 0) is 23.8 Å². The molecule has 6 heteroatoms. The van der Waals surface area contributed by atoms with Crippen molar-refractivity contribution in [2.45, 2.75) is 5.54 Å². The van der Waals surface area contributed by atoms with Crippen LogP contribution in [0.5, 0.6) is 0 Å². The van der Waals surface area contributed by atoms with E-state index in [0.29, 0.717) is 5.56 Å². The van der Waals surface area contributed by atoms with Gasteiger partial charge >= 0.3 is 0 Å².